The van der Waals surface area contributed by atoms with Gasteiger partial charge in [0.2, 0.25) is 5.82 Å². The van der Waals surface area contributed by atoms with Gasteiger partial charge in [0, 0.05) is 29.3 Å². The maximum absolute atomic E-state index is 15.5. The fourth-order valence-corrected chi connectivity index (χ4v) is 3.69. The average molecular weight is 460 g/mol. The molecule has 0 aliphatic carbocycles. The summed E-state index contributed by atoms with van der Waals surface area (Å²) >= 11 is 0. The van der Waals surface area contributed by atoms with Crippen LogP contribution >= 0.6 is 0 Å². The third-order valence-electron chi connectivity index (χ3n) is 5.45. The van der Waals surface area contributed by atoms with Crippen molar-refractivity contribution in [1.29, 1.82) is 0 Å². The van der Waals surface area contributed by atoms with E-state index in [1.165, 1.54) is 12.1 Å². The first-order valence-electron chi connectivity index (χ1n) is 10.4. The Labute approximate surface area is 191 Å². The molecule has 34 heavy (non-hydrogen) atoms. The monoisotopic (exact) mass is 460 g/mol. The Hall–Kier alpha value is -4.47. The molecule has 3 aromatic heterocycles. The zero-order valence-corrected chi connectivity index (χ0v) is 17.7. The Bertz CT molecular complexity index is 1500. The van der Waals surface area contributed by atoms with Gasteiger partial charge in [-0.3, -0.25) is 4.98 Å². The van der Waals surface area contributed by atoms with Crippen LogP contribution in [0.1, 0.15) is 17.0 Å². The highest BCUT2D eigenvalue weighted by molar-refractivity contribution is 5.79. The summed E-state index contributed by atoms with van der Waals surface area (Å²) in [5.41, 5.74) is 2.72. The van der Waals surface area contributed by atoms with Crippen LogP contribution in [0.5, 0.6) is 0 Å². The summed E-state index contributed by atoms with van der Waals surface area (Å²) in [6, 6.07) is 18.3. The van der Waals surface area contributed by atoms with Crippen LogP contribution in [0.2, 0.25) is 0 Å². The second kappa shape index (κ2) is 8.47. The van der Waals surface area contributed by atoms with Gasteiger partial charge in [0.15, 0.2) is 5.65 Å². The van der Waals surface area contributed by atoms with E-state index < -0.39 is 17.8 Å². The van der Waals surface area contributed by atoms with E-state index in [-0.39, 0.29) is 11.2 Å². The maximum atomic E-state index is 15.5. The van der Waals surface area contributed by atoms with Crippen molar-refractivity contribution in [1.82, 2.24) is 30.1 Å². The van der Waals surface area contributed by atoms with Crippen molar-refractivity contribution in [3.05, 3.63) is 89.9 Å². The Morgan fingerprint density at radius 2 is 1.85 bits per heavy atom. The number of rotatable bonds is 6. The van der Waals surface area contributed by atoms with Gasteiger partial charge < -0.3 is 10.4 Å². The Balaban J connectivity index is 1.47. The van der Waals surface area contributed by atoms with Crippen molar-refractivity contribution < 1.29 is 18.7 Å². The minimum absolute atomic E-state index is 0.206. The summed E-state index contributed by atoms with van der Waals surface area (Å²) in [5, 5.41) is 23.6. The molecule has 10 heteroatoms. The number of benzene rings is 2. The van der Waals surface area contributed by atoms with Gasteiger partial charge in [0.25, 0.3) is 0 Å². The third-order valence-corrected chi connectivity index (χ3v) is 5.45. The first kappa shape index (κ1) is 21.4. The molecule has 0 fully saturated rings. The van der Waals surface area contributed by atoms with Crippen molar-refractivity contribution in [2.24, 2.45) is 0 Å². The smallest absolute Gasteiger partial charge is 0.404 e. The number of hydrogen-bond acceptors (Lipinski definition) is 5. The van der Waals surface area contributed by atoms with E-state index in [0.29, 0.717) is 29.6 Å². The molecule has 5 rings (SSSR count). The van der Waals surface area contributed by atoms with Crippen LogP contribution in [0, 0.1) is 0 Å². The lowest BCUT2D eigenvalue weighted by Gasteiger charge is -2.15. The van der Waals surface area contributed by atoms with E-state index in [9.17, 15) is 4.79 Å². The molecule has 0 aliphatic heterocycles. The fraction of sp³-hybridized carbons (Fsp3) is 0.125. The van der Waals surface area contributed by atoms with Crippen LogP contribution in [0.3, 0.4) is 0 Å². The molecule has 0 saturated carbocycles. The van der Waals surface area contributed by atoms with E-state index >= 15 is 8.78 Å². The number of halogens is 2. The van der Waals surface area contributed by atoms with Gasteiger partial charge in [-0.15, -0.1) is 10.2 Å². The second-order valence-electron chi connectivity index (χ2n) is 7.68. The summed E-state index contributed by atoms with van der Waals surface area (Å²) in [6.45, 7) is 0.295. The highest BCUT2D eigenvalue weighted by atomic mass is 19.3. The lowest BCUT2D eigenvalue weighted by molar-refractivity contribution is 0.0307. The molecule has 0 unspecified atom stereocenters. The summed E-state index contributed by atoms with van der Waals surface area (Å²) in [7, 11) is 0. The zero-order valence-electron chi connectivity index (χ0n) is 17.7. The molecule has 3 heterocycles. The predicted molar refractivity (Wildman–Crippen MR) is 121 cm³/mol. The van der Waals surface area contributed by atoms with Gasteiger partial charge in [0.05, 0.1) is 11.2 Å². The molecule has 0 bridgehead atoms. The van der Waals surface area contributed by atoms with Gasteiger partial charge in [-0.1, -0.05) is 36.4 Å². The molecule has 0 radical (unpaired) electrons. The normalized spacial score (nSPS) is 11.7. The topological polar surface area (TPSA) is 105 Å². The SMILES string of the molecule is O=C(O)NCCc1ccc(-c2ccc3nnc(C(F)(F)c4ccc5ncccc5c4)n3n2)cc1. The molecule has 2 aromatic carbocycles. The van der Waals surface area contributed by atoms with Gasteiger partial charge in [-0.05, 0) is 42.3 Å². The Morgan fingerprint density at radius 3 is 2.65 bits per heavy atom. The van der Waals surface area contributed by atoms with Crippen LogP contribution in [0.4, 0.5) is 13.6 Å². The summed E-state index contributed by atoms with van der Waals surface area (Å²) in [5.74, 6) is -4.01. The summed E-state index contributed by atoms with van der Waals surface area (Å²) < 4.78 is 32.1. The highest BCUT2D eigenvalue weighted by Gasteiger charge is 2.40. The average Bonchev–Trinajstić information content (AvgIpc) is 3.28. The minimum Gasteiger partial charge on any atom is -0.465 e. The van der Waals surface area contributed by atoms with Crippen LogP contribution < -0.4 is 5.32 Å². The summed E-state index contributed by atoms with van der Waals surface area (Å²) in [4.78, 5) is 14.7. The van der Waals surface area contributed by atoms with Gasteiger partial charge >= 0.3 is 12.0 Å². The molecular weight excluding hydrogens is 442 g/mol. The van der Waals surface area contributed by atoms with Crippen molar-refractivity contribution in [2.75, 3.05) is 6.54 Å². The van der Waals surface area contributed by atoms with Crippen molar-refractivity contribution in [3.63, 3.8) is 0 Å². The Morgan fingerprint density at radius 1 is 1.03 bits per heavy atom. The zero-order chi connectivity index (χ0) is 23.7. The van der Waals surface area contributed by atoms with Crippen LogP contribution in [0.25, 0.3) is 27.8 Å². The van der Waals surface area contributed by atoms with Crippen molar-refractivity contribution in [3.8, 4) is 11.3 Å². The first-order chi connectivity index (χ1) is 16.4. The number of alkyl halides is 2. The van der Waals surface area contributed by atoms with Crippen LogP contribution in [-0.4, -0.2) is 42.5 Å². The van der Waals surface area contributed by atoms with Crippen molar-refractivity contribution >= 4 is 22.6 Å². The molecule has 2 N–H and O–H groups in total. The van der Waals surface area contributed by atoms with E-state index in [1.807, 2.05) is 24.3 Å². The number of carboxylic acid groups (broad SMARTS) is 1. The van der Waals surface area contributed by atoms with E-state index in [4.69, 9.17) is 5.11 Å². The molecule has 0 atom stereocenters. The van der Waals surface area contributed by atoms with E-state index in [1.54, 1.807) is 36.5 Å². The van der Waals surface area contributed by atoms with Gasteiger partial charge in [0.1, 0.15) is 0 Å². The molecule has 0 saturated heterocycles. The molecule has 0 aliphatic rings. The maximum Gasteiger partial charge on any atom is 0.404 e. The molecule has 170 valence electrons. The van der Waals surface area contributed by atoms with Crippen LogP contribution in [-0.2, 0) is 12.3 Å². The number of hydrogen-bond donors (Lipinski definition) is 2. The number of pyridine rings is 1. The first-order valence-corrected chi connectivity index (χ1v) is 10.4. The minimum atomic E-state index is -3.43. The molecule has 0 spiro atoms. The number of amides is 1. The van der Waals surface area contributed by atoms with Gasteiger partial charge in [-0.2, -0.15) is 18.4 Å². The fourth-order valence-electron chi connectivity index (χ4n) is 3.69. The molecule has 5 aromatic rings. The number of nitrogens with one attached hydrogen (secondary N) is 1. The number of carbonyl (C=O) groups is 1. The quantitative estimate of drug-likeness (QED) is 0.392. The Kier molecular flexibility index (Phi) is 5.33. The highest BCUT2D eigenvalue weighted by Crippen LogP contribution is 2.36. The second-order valence-corrected chi connectivity index (χ2v) is 7.68. The molecule has 1 amide bonds. The van der Waals surface area contributed by atoms with Crippen LogP contribution in [0.15, 0.2) is 72.9 Å². The lowest BCUT2D eigenvalue weighted by Crippen LogP contribution is -2.23. The predicted octanol–water partition coefficient (Wildman–Crippen LogP) is 4.29. The molecular formula is C24H18F2N6O2. The lowest BCUT2D eigenvalue weighted by atomic mass is 10.0. The van der Waals surface area contributed by atoms with E-state index in [2.05, 4.69) is 25.6 Å². The number of fused-ring (bicyclic) bond motifs is 2. The van der Waals surface area contributed by atoms with Gasteiger partial charge in [-0.25, -0.2) is 4.79 Å². The summed E-state index contributed by atoms with van der Waals surface area (Å²) in [6.07, 6.45) is 1.07. The number of aromatic nitrogens is 5. The van der Waals surface area contributed by atoms with E-state index in [0.717, 1.165) is 15.6 Å². The standard InChI is InChI=1S/C24H18F2N6O2/c25-24(26,18-7-8-19-17(14-18)2-1-12-27-19)22-30-29-21-10-9-20(31-32(21)22)16-5-3-15(4-6-16)11-13-28-23(33)34/h1-10,12,14,28H,11,13H2,(H,33,34). The largest absolute Gasteiger partial charge is 0.465 e. The van der Waals surface area contributed by atoms with Crippen molar-refractivity contribution in [2.45, 2.75) is 12.3 Å². The number of nitrogens with zero attached hydrogens (tertiary/aromatic N) is 5. The third kappa shape index (κ3) is 4.01. The molecule has 8 nitrogen and oxygen atoms in total.